The van der Waals surface area contributed by atoms with Crippen LogP contribution in [-0.2, 0) is 29.2 Å². The summed E-state index contributed by atoms with van der Waals surface area (Å²) < 4.78 is 33.1. The number of rotatable bonds is 10. The average Bonchev–Trinajstić information content (AvgIpc) is 2.78. The van der Waals surface area contributed by atoms with Crippen LogP contribution in [-0.4, -0.2) is 18.2 Å². The lowest BCUT2D eigenvalue weighted by Crippen LogP contribution is -2.04. The molecule has 5 nitrogen and oxygen atoms in total. The van der Waals surface area contributed by atoms with Gasteiger partial charge in [0.25, 0.3) is 0 Å². The number of benzene rings is 3. The Morgan fingerprint density at radius 1 is 1.06 bits per heavy atom. The van der Waals surface area contributed by atoms with E-state index in [2.05, 4.69) is 31.9 Å². The van der Waals surface area contributed by atoms with E-state index in [1.165, 1.54) is 6.07 Å². The molecule has 3 rings (SSSR count). The van der Waals surface area contributed by atoms with E-state index < -0.39 is 11.8 Å². The molecule has 0 aliphatic heterocycles. The number of hydrogen-bond acceptors (Lipinski definition) is 4. The van der Waals surface area contributed by atoms with E-state index in [9.17, 15) is 9.18 Å². The quantitative estimate of drug-likeness (QED) is 0.244. The van der Waals surface area contributed by atoms with Gasteiger partial charge in [-0.2, -0.15) is 0 Å². The van der Waals surface area contributed by atoms with Crippen molar-refractivity contribution in [3.05, 3.63) is 84.5 Å². The topological polar surface area (TPSA) is 65.0 Å². The zero-order valence-electron chi connectivity index (χ0n) is 19.3. The van der Waals surface area contributed by atoms with Gasteiger partial charge < -0.3 is 19.3 Å². The molecule has 0 aliphatic rings. The summed E-state index contributed by atoms with van der Waals surface area (Å²) in [5.74, 6) is 0.439. The molecule has 0 aliphatic carbocycles. The van der Waals surface area contributed by atoms with Gasteiger partial charge in [0, 0.05) is 16.7 Å². The highest BCUT2D eigenvalue weighted by atomic mass is 79.9. The van der Waals surface area contributed by atoms with Gasteiger partial charge >= 0.3 is 5.97 Å². The first-order chi connectivity index (χ1) is 16.6. The molecule has 0 radical (unpaired) electrons. The minimum absolute atomic E-state index is 0.0252. The third kappa shape index (κ3) is 6.97. The van der Waals surface area contributed by atoms with E-state index in [1.54, 1.807) is 31.4 Å². The Morgan fingerprint density at radius 2 is 1.71 bits per heavy atom. The Kier molecular flexibility index (Phi) is 9.58. The minimum Gasteiger partial charge on any atom is -0.496 e. The monoisotopic (exact) mass is 628 g/mol. The van der Waals surface area contributed by atoms with Crippen LogP contribution < -0.4 is 9.47 Å². The number of hydrogen-bond donors (Lipinski definition) is 1. The third-order valence-electron chi connectivity index (χ3n) is 5.21. The molecule has 3 aromatic rings. The molecule has 0 unspecified atom stereocenters. The third-order valence-corrected chi connectivity index (χ3v) is 6.68. The molecule has 35 heavy (non-hydrogen) atoms. The van der Waals surface area contributed by atoms with Crippen LogP contribution in [0, 0.1) is 5.82 Å². The highest BCUT2D eigenvalue weighted by Gasteiger charge is 2.18. The Bertz CT molecular complexity index is 1210. The van der Waals surface area contributed by atoms with Crippen molar-refractivity contribution >= 4 is 49.4 Å². The van der Waals surface area contributed by atoms with Crippen molar-refractivity contribution in [3.63, 3.8) is 0 Å². The smallest absolute Gasteiger partial charge is 0.307 e. The maximum absolute atomic E-state index is 14.3. The molecule has 0 atom stereocenters. The summed E-state index contributed by atoms with van der Waals surface area (Å²) in [6.45, 7) is 4.25. The van der Waals surface area contributed by atoms with Gasteiger partial charge in [-0.3, -0.25) is 4.79 Å². The second kappa shape index (κ2) is 12.2. The summed E-state index contributed by atoms with van der Waals surface area (Å²) in [6, 6.07) is 11.9. The average molecular weight is 631 g/mol. The van der Waals surface area contributed by atoms with Crippen LogP contribution in [0.25, 0.3) is 0 Å². The SMILES string of the molecule is COc1cc(COCc2cccc(Cl)c2F)c(Oc2c(Br)cc(CC(=O)O)cc2Br)cc1C(C)C. The van der Waals surface area contributed by atoms with E-state index in [-0.39, 0.29) is 30.6 Å². The molecule has 0 amide bonds. The molecule has 0 spiro atoms. The number of aliphatic carboxylic acids is 1. The number of halogens is 4. The summed E-state index contributed by atoms with van der Waals surface area (Å²) in [5, 5.41) is 9.14. The largest absolute Gasteiger partial charge is 0.496 e. The van der Waals surface area contributed by atoms with Gasteiger partial charge in [0.15, 0.2) is 5.75 Å². The van der Waals surface area contributed by atoms with Crippen LogP contribution in [0.1, 0.15) is 42.0 Å². The summed E-state index contributed by atoms with van der Waals surface area (Å²) in [7, 11) is 1.60. The highest BCUT2D eigenvalue weighted by molar-refractivity contribution is 9.11. The maximum Gasteiger partial charge on any atom is 0.307 e. The Balaban J connectivity index is 1.94. The standard InChI is InChI=1S/C26H24Br2ClFO5/c1-14(2)18-11-22(35-26-19(27)7-15(8-20(26)28)9-24(31)32)17(10-23(18)33-3)13-34-12-16-5-4-6-21(29)25(16)30/h4-8,10-11,14H,9,12-13H2,1-3H3,(H,31,32). The Labute approximate surface area is 225 Å². The van der Waals surface area contributed by atoms with E-state index in [1.807, 2.05) is 26.0 Å². The summed E-state index contributed by atoms with van der Waals surface area (Å²) in [4.78, 5) is 11.1. The highest BCUT2D eigenvalue weighted by Crippen LogP contribution is 2.42. The summed E-state index contributed by atoms with van der Waals surface area (Å²) in [5.41, 5.74) is 2.61. The van der Waals surface area contributed by atoms with Crippen molar-refractivity contribution in [1.29, 1.82) is 0 Å². The zero-order chi connectivity index (χ0) is 25.7. The molecular weight excluding hydrogens is 607 g/mol. The van der Waals surface area contributed by atoms with Crippen LogP contribution in [0.2, 0.25) is 5.02 Å². The van der Waals surface area contributed by atoms with Gasteiger partial charge in [-0.15, -0.1) is 0 Å². The van der Waals surface area contributed by atoms with Gasteiger partial charge in [-0.25, -0.2) is 4.39 Å². The summed E-state index contributed by atoms with van der Waals surface area (Å²) in [6.07, 6.45) is -0.114. The lowest BCUT2D eigenvalue weighted by atomic mass is 9.99. The molecular formula is C26H24Br2ClFO5. The van der Waals surface area contributed by atoms with Crippen molar-refractivity contribution in [2.24, 2.45) is 0 Å². The van der Waals surface area contributed by atoms with E-state index in [0.717, 1.165) is 5.56 Å². The molecule has 0 heterocycles. The van der Waals surface area contributed by atoms with Gasteiger partial charge in [0.2, 0.25) is 0 Å². The Hall–Kier alpha value is -2.13. The first-order valence-electron chi connectivity index (χ1n) is 10.7. The number of carboxylic acids is 1. The predicted molar refractivity (Wildman–Crippen MR) is 140 cm³/mol. The lowest BCUT2D eigenvalue weighted by molar-refractivity contribution is -0.136. The van der Waals surface area contributed by atoms with Crippen molar-refractivity contribution in [2.75, 3.05) is 7.11 Å². The molecule has 0 aromatic heterocycles. The van der Waals surface area contributed by atoms with E-state index in [4.69, 9.17) is 30.9 Å². The van der Waals surface area contributed by atoms with Crippen LogP contribution in [0.4, 0.5) is 4.39 Å². The predicted octanol–water partition coefficient (Wildman–Crippen LogP) is 8.27. The van der Waals surface area contributed by atoms with E-state index >= 15 is 0 Å². The molecule has 186 valence electrons. The fourth-order valence-corrected chi connectivity index (χ4v) is 5.12. The van der Waals surface area contributed by atoms with Gasteiger partial charge in [-0.1, -0.05) is 37.6 Å². The number of methoxy groups -OCH3 is 1. The van der Waals surface area contributed by atoms with Crippen LogP contribution >= 0.6 is 43.5 Å². The maximum atomic E-state index is 14.3. The molecule has 9 heteroatoms. The minimum atomic E-state index is -0.926. The molecule has 0 fully saturated rings. The number of ether oxygens (including phenoxy) is 3. The number of carboxylic acid groups (broad SMARTS) is 1. The molecule has 0 bridgehead atoms. The van der Waals surface area contributed by atoms with Crippen molar-refractivity contribution in [2.45, 2.75) is 39.4 Å². The summed E-state index contributed by atoms with van der Waals surface area (Å²) >= 11 is 12.8. The van der Waals surface area contributed by atoms with Crippen molar-refractivity contribution in [3.8, 4) is 17.2 Å². The van der Waals surface area contributed by atoms with Gasteiger partial charge in [0.1, 0.15) is 17.3 Å². The molecule has 1 N–H and O–H groups in total. The normalized spacial score (nSPS) is 11.1. The zero-order valence-corrected chi connectivity index (χ0v) is 23.3. The molecule has 0 saturated carbocycles. The first-order valence-corrected chi connectivity index (χ1v) is 12.7. The van der Waals surface area contributed by atoms with E-state index in [0.29, 0.717) is 42.9 Å². The van der Waals surface area contributed by atoms with Crippen LogP contribution in [0.15, 0.2) is 51.4 Å². The van der Waals surface area contributed by atoms with Gasteiger partial charge in [-0.05, 0) is 73.7 Å². The van der Waals surface area contributed by atoms with Crippen molar-refractivity contribution in [1.82, 2.24) is 0 Å². The number of carbonyl (C=O) groups is 1. The Morgan fingerprint density at radius 3 is 2.31 bits per heavy atom. The first kappa shape index (κ1) is 27.5. The molecule has 0 saturated heterocycles. The van der Waals surface area contributed by atoms with Gasteiger partial charge in [0.05, 0.1) is 40.7 Å². The van der Waals surface area contributed by atoms with Crippen molar-refractivity contribution < 1.29 is 28.5 Å². The lowest BCUT2D eigenvalue weighted by Gasteiger charge is -2.19. The second-order valence-electron chi connectivity index (χ2n) is 8.12. The fourth-order valence-electron chi connectivity index (χ4n) is 3.48. The molecule has 3 aromatic carbocycles. The van der Waals surface area contributed by atoms with Crippen LogP contribution in [0.5, 0.6) is 17.2 Å². The fraction of sp³-hybridized carbons (Fsp3) is 0.269. The second-order valence-corrected chi connectivity index (χ2v) is 10.2. The van der Waals surface area contributed by atoms with Crippen LogP contribution in [0.3, 0.4) is 0 Å².